The van der Waals surface area contributed by atoms with E-state index < -0.39 is 12.1 Å². The van der Waals surface area contributed by atoms with Gasteiger partial charge in [0.25, 0.3) is 0 Å². The number of nitrogens with zero attached hydrogens (tertiary/aromatic N) is 2. The smallest absolute Gasteiger partial charge is 0.243 e. The summed E-state index contributed by atoms with van der Waals surface area (Å²) in [7, 11) is 4.68. The average Bonchev–Trinajstić information content (AvgIpc) is 2.61. The Morgan fingerprint density at radius 3 is 1.79 bits per heavy atom. The summed E-state index contributed by atoms with van der Waals surface area (Å²) in [5.74, 6) is -0.789. The van der Waals surface area contributed by atoms with Gasteiger partial charge >= 0.3 is 0 Å². The van der Waals surface area contributed by atoms with E-state index in [1.807, 2.05) is 41.5 Å². The van der Waals surface area contributed by atoms with Gasteiger partial charge in [0.1, 0.15) is 12.1 Å². The van der Waals surface area contributed by atoms with Gasteiger partial charge in [-0.3, -0.25) is 19.2 Å². The Bertz CT molecular complexity index is 575. The minimum absolute atomic E-state index is 0.0903. The van der Waals surface area contributed by atoms with Crippen LogP contribution in [0.4, 0.5) is 0 Å². The number of rotatable bonds is 11. The molecule has 8 heteroatoms. The van der Waals surface area contributed by atoms with E-state index in [1.54, 1.807) is 14.1 Å². The lowest BCUT2D eigenvalue weighted by Gasteiger charge is -2.32. The van der Waals surface area contributed by atoms with Gasteiger partial charge in [0, 0.05) is 27.6 Å². The van der Waals surface area contributed by atoms with Gasteiger partial charge in [-0.2, -0.15) is 0 Å². The number of carbonyl (C=O) groups is 4. The molecule has 0 aliphatic carbocycles. The van der Waals surface area contributed by atoms with Crippen molar-refractivity contribution in [2.24, 2.45) is 17.8 Å². The first-order valence-corrected chi connectivity index (χ1v) is 10.3. The number of nitrogens with one attached hydrogen (secondary N) is 2. The zero-order valence-corrected chi connectivity index (χ0v) is 19.5. The molecule has 0 radical (unpaired) electrons. The van der Waals surface area contributed by atoms with Crippen LogP contribution in [-0.2, 0) is 19.2 Å². The minimum atomic E-state index is -0.720. The molecule has 2 atom stereocenters. The van der Waals surface area contributed by atoms with E-state index in [0.29, 0.717) is 12.8 Å². The summed E-state index contributed by atoms with van der Waals surface area (Å²) in [6.07, 6.45) is 0.821. The summed E-state index contributed by atoms with van der Waals surface area (Å²) >= 11 is 0. The maximum absolute atomic E-state index is 13.0. The molecule has 8 nitrogen and oxygen atoms in total. The van der Waals surface area contributed by atoms with E-state index in [-0.39, 0.29) is 47.9 Å². The van der Waals surface area contributed by atoms with Gasteiger partial charge in [-0.05, 0) is 24.2 Å². The minimum Gasteiger partial charge on any atom is -0.357 e. The standard InChI is InChI=1S/C21H40N4O4/c1-13(2)10-16(20(28)23-19(15(5)6)21(29)22-7)25(9)18(27)12-24(8)17(26)11-14(3)4/h13-16,19H,10-12H2,1-9H3,(H,22,29)(H,23,28)/t16-,19-/m0/s1. The summed E-state index contributed by atoms with van der Waals surface area (Å²) in [5, 5.41) is 5.34. The summed E-state index contributed by atoms with van der Waals surface area (Å²) in [6.45, 7) is 11.4. The summed E-state index contributed by atoms with van der Waals surface area (Å²) in [4.78, 5) is 52.7. The molecule has 0 heterocycles. The zero-order valence-electron chi connectivity index (χ0n) is 19.5. The van der Waals surface area contributed by atoms with E-state index in [9.17, 15) is 19.2 Å². The second kappa shape index (κ2) is 12.4. The molecule has 0 aromatic carbocycles. The molecule has 0 spiro atoms. The largest absolute Gasteiger partial charge is 0.357 e. The van der Waals surface area contributed by atoms with E-state index >= 15 is 0 Å². The van der Waals surface area contributed by atoms with Crippen molar-refractivity contribution in [1.29, 1.82) is 0 Å². The molecule has 0 aromatic rings. The molecule has 0 fully saturated rings. The molecule has 29 heavy (non-hydrogen) atoms. The van der Waals surface area contributed by atoms with E-state index in [0.717, 1.165) is 0 Å². The number of amides is 4. The Balaban J connectivity index is 5.32. The average molecular weight is 413 g/mol. The Morgan fingerprint density at radius 1 is 0.828 bits per heavy atom. The Labute approximate surface area is 175 Å². The molecule has 0 bridgehead atoms. The lowest BCUT2D eigenvalue weighted by molar-refractivity contribution is -0.144. The Kier molecular flexibility index (Phi) is 11.5. The van der Waals surface area contributed by atoms with Gasteiger partial charge < -0.3 is 20.4 Å². The quantitative estimate of drug-likeness (QED) is 0.533. The van der Waals surface area contributed by atoms with Crippen molar-refractivity contribution in [3.63, 3.8) is 0 Å². The first kappa shape index (κ1) is 26.9. The van der Waals surface area contributed by atoms with Crippen molar-refractivity contribution in [1.82, 2.24) is 20.4 Å². The molecule has 0 aromatic heterocycles. The SMILES string of the molecule is CNC(=O)[C@@H](NC(=O)[C@H](CC(C)C)N(C)C(=O)CN(C)C(=O)CC(C)C)C(C)C. The number of hydrogen-bond donors (Lipinski definition) is 2. The molecule has 0 rings (SSSR count). The molecule has 0 saturated carbocycles. The molecule has 2 N–H and O–H groups in total. The van der Waals surface area contributed by atoms with E-state index in [4.69, 9.17) is 0 Å². The predicted molar refractivity (Wildman–Crippen MR) is 114 cm³/mol. The van der Waals surface area contributed by atoms with E-state index in [2.05, 4.69) is 10.6 Å². The van der Waals surface area contributed by atoms with Gasteiger partial charge in [0.15, 0.2) is 0 Å². The number of carbonyl (C=O) groups excluding carboxylic acids is 4. The van der Waals surface area contributed by atoms with Crippen molar-refractivity contribution in [3.8, 4) is 0 Å². The van der Waals surface area contributed by atoms with Crippen LogP contribution in [0.15, 0.2) is 0 Å². The highest BCUT2D eigenvalue weighted by Crippen LogP contribution is 2.13. The first-order chi connectivity index (χ1) is 13.3. The normalized spacial score (nSPS) is 13.2. The van der Waals surface area contributed by atoms with Crippen LogP contribution in [0.25, 0.3) is 0 Å². The highest BCUT2D eigenvalue weighted by Gasteiger charge is 2.32. The molecular weight excluding hydrogens is 372 g/mol. The molecule has 4 amide bonds. The van der Waals surface area contributed by atoms with Crippen LogP contribution in [0.5, 0.6) is 0 Å². The maximum Gasteiger partial charge on any atom is 0.243 e. The highest BCUT2D eigenvalue weighted by atomic mass is 16.2. The second-order valence-electron chi connectivity index (χ2n) is 8.84. The third-order valence-corrected chi connectivity index (χ3v) is 4.73. The summed E-state index contributed by atoms with van der Waals surface area (Å²) in [5.41, 5.74) is 0. The van der Waals surface area contributed by atoms with Crippen molar-refractivity contribution >= 4 is 23.6 Å². The summed E-state index contributed by atoms with van der Waals surface area (Å²) in [6, 6.07) is -1.40. The van der Waals surface area contributed by atoms with Crippen molar-refractivity contribution in [2.75, 3.05) is 27.7 Å². The van der Waals surface area contributed by atoms with Crippen LogP contribution >= 0.6 is 0 Å². The molecule has 0 aliphatic heterocycles. The number of hydrogen-bond acceptors (Lipinski definition) is 4. The fourth-order valence-electron chi connectivity index (χ4n) is 2.91. The topological polar surface area (TPSA) is 98.8 Å². The number of likely N-dealkylation sites (N-methyl/N-ethyl adjacent to an activating group) is 3. The molecule has 0 unspecified atom stereocenters. The van der Waals surface area contributed by atoms with Crippen LogP contribution in [0.3, 0.4) is 0 Å². The molecular formula is C21H40N4O4. The van der Waals surface area contributed by atoms with Crippen molar-refractivity contribution < 1.29 is 19.2 Å². The molecule has 0 saturated heterocycles. The van der Waals surface area contributed by atoms with Crippen LogP contribution in [-0.4, -0.2) is 73.2 Å². The van der Waals surface area contributed by atoms with E-state index in [1.165, 1.54) is 16.8 Å². The Hall–Kier alpha value is -2.12. The Morgan fingerprint density at radius 2 is 1.38 bits per heavy atom. The van der Waals surface area contributed by atoms with Gasteiger partial charge in [0.05, 0.1) is 6.54 Å². The monoisotopic (exact) mass is 412 g/mol. The second-order valence-corrected chi connectivity index (χ2v) is 8.84. The van der Waals surface area contributed by atoms with Crippen LogP contribution in [0, 0.1) is 17.8 Å². The molecule has 168 valence electrons. The molecule has 0 aliphatic rings. The van der Waals surface area contributed by atoms with Gasteiger partial charge in [-0.15, -0.1) is 0 Å². The van der Waals surface area contributed by atoms with Crippen LogP contribution < -0.4 is 10.6 Å². The fraction of sp³-hybridized carbons (Fsp3) is 0.810. The van der Waals surface area contributed by atoms with Gasteiger partial charge in [0.2, 0.25) is 23.6 Å². The van der Waals surface area contributed by atoms with Crippen LogP contribution in [0.1, 0.15) is 54.4 Å². The van der Waals surface area contributed by atoms with Gasteiger partial charge in [-0.25, -0.2) is 0 Å². The van der Waals surface area contributed by atoms with Crippen LogP contribution in [0.2, 0.25) is 0 Å². The van der Waals surface area contributed by atoms with Crippen molar-refractivity contribution in [3.05, 3.63) is 0 Å². The third kappa shape index (κ3) is 9.28. The first-order valence-electron chi connectivity index (χ1n) is 10.3. The third-order valence-electron chi connectivity index (χ3n) is 4.73. The highest BCUT2D eigenvalue weighted by molar-refractivity contribution is 5.93. The lowest BCUT2D eigenvalue weighted by Crippen LogP contribution is -2.56. The summed E-state index contributed by atoms with van der Waals surface area (Å²) < 4.78 is 0. The zero-order chi connectivity index (χ0) is 22.9. The maximum atomic E-state index is 13.0. The predicted octanol–water partition coefficient (Wildman–Crippen LogP) is 1.25. The van der Waals surface area contributed by atoms with Crippen molar-refractivity contribution in [2.45, 2.75) is 66.5 Å². The fourth-order valence-corrected chi connectivity index (χ4v) is 2.91. The lowest BCUT2D eigenvalue weighted by atomic mass is 9.99. The van der Waals surface area contributed by atoms with Gasteiger partial charge in [-0.1, -0.05) is 41.5 Å².